The number of H-pyrrole nitrogens is 1. The molecule has 1 aliphatic rings. The number of rotatable bonds is 6. The summed E-state index contributed by atoms with van der Waals surface area (Å²) in [5, 5.41) is 6.82. The van der Waals surface area contributed by atoms with Crippen LogP contribution in [-0.4, -0.2) is 21.8 Å². The lowest BCUT2D eigenvalue weighted by molar-refractivity contribution is -0.119. The molecule has 0 unspecified atom stereocenters. The molecule has 108 valence electrons. The summed E-state index contributed by atoms with van der Waals surface area (Å²) in [7, 11) is 0. The van der Waals surface area contributed by atoms with Crippen LogP contribution in [0.4, 0.5) is 0 Å². The molecule has 4 nitrogen and oxygen atoms in total. The second kappa shape index (κ2) is 5.93. The van der Waals surface area contributed by atoms with Gasteiger partial charge in [0.2, 0.25) is 0 Å². The topological polar surface area (TPSA) is 62.8 Å². The van der Waals surface area contributed by atoms with E-state index < -0.39 is 0 Å². The fraction of sp³-hybridized carbons (Fsp3) is 0.312. The molecule has 1 aliphatic carbocycles. The van der Waals surface area contributed by atoms with Gasteiger partial charge in [-0.2, -0.15) is 5.10 Å². The van der Waals surface area contributed by atoms with Crippen molar-refractivity contribution in [1.82, 2.24) is 10.2 Å². The third kappa shape index (κ3) is 3.47. The Labute approximate surface area is 131 Å². The van der Waals surface area contributed by atoms with Gasteiger partial charge in [-0.25, -0.2) is 0 Å². The van der Waals surface area contributed by atoms with E-state index in [1.165, 1.54) is 0 Å². The standard InChI is InChI=1S/C16H15BrN2O2/c17-12-3-4-14(16(21)9-15(20)10-1-2-10)11(7-12)8-13-5-6-18-19-13/h3-7,10H,1-2,8-9H2,(H,18,19). The summed E-state index contributed by atoms with van der Waals surface area (Å²) in [5.74, 6) is 0.116. The maximum Gasteiger partial charge on any atom is 0.170 e. The van der Waals surface area contributed by atoms with Gasteiger partial charge in [-0.15, -0.1) is 0 Å². The van der Waals surface area contributed by atoms with Crippen LogP contribution < -0.4 is 0 Å². The lowest BCUT2D eigenvalue weighted by Crippen LogP contribution is -2.12. The Bertz CT molecular complexity index is 676. The molecular weight excluding hydrogens is 332 g/mol. The molecule has 1 fully saturated rings. The van der Waals surface area contributed by atoms with Crippen LogP contribution in [0.5, 0.6) is 0 Å². The molecule has 1 aromatic carbocycles. The second-order valence-corrected chi connectivity index (χ2v) is 6.32. The van der Waals surface area contributed by atoms with E-state index in [1.807, 2.05) is 18.2 Å². The first-order valence-electron chi connectivity index (χ1n) is 6.96. The van der Waals surface area contributed by atoms with E-state index in [4.69, 9.17) is 0 Å². The van der Waals surface area contributed by atoms with Crippen molar-refractivity contribution in [3.63, 3.8) is 0 Å². The number of nitrogens with zero attached hydrogens (tertiary/aromatic N) is 1. The van der Waals surface area contributed by atoms with E-state index in [0.717, 1.165) is 28.6 Å². The molecule has 0 radical (unpaired) electrons. The Hall–Kier alpha value is -1.75. The average Bonchev–Trinajstić information content (AvgIpc) is 3.18. The molecule has 0 saturated heterocycles. The van der Waals surface area contributed by atoms with Crippen molar-refractivity contribution in [2.45, 2.75) is 25.7 Å². The molecule has 1 N–H and O–H groups in total. The molecule has 0 spiro atoms. The first kappa shape index (κ1) is 14.2. The van der Waals surface area contributed by atoms with Gasteiger partial charge in [0.05, 0.1) is 6.42 Å². The fourth-order valence-electron chi connectivity index (χ4n) is 2.37. The van der Waals surface area contributed by atoms with Gasteiger partial charge in [-0.3, -0.25) is 14.7 Å². The number of aromatic nitrogens is 2. The van der Waals surface area contributed by atoms with Crippen LogP contribution >= 0.6 is 15.9 Å². The van der Waals surface area contributed by atoms with E-state index in [0.29, 0.717) is 12.0 Å². The molecule has 0 amide bonds. The average molecular weight is 347 g/mol. The van der Waals surface area contributed by atoms with E-state index in [9.17, 15) is 9.59 Å². The summed E-state index contributed by atoms with van der Waals surface area (Å²) in [6.45, 7) is 0. The SMILES string of the molecule is O=C(CC(=O)C1CC1)c1ccc(Br)cc1Cc1ccn[nH]1. The number of nitrogens with one attached hydrogen (secondary N) is 1. The molecule has 21 heavy (non-hydrogen) atoms. The monoisotopic (exact) mass is 346 g/mol. The Morgan fingerprint density at radius 3 is 2.76 bits per heavy atom. The maximum absolute atomic E-state index is 12.4. The first-order valence-corrected chi connectivity index (χ1v) is 7.75. The highest BCUT2D eigenvalue weighted by atomic mass is 79.9. The van der Waals surface area contributed by atoms with E-state index in [1.54, 1.807) is 12.3 Å². The van der Waals surface area contributed by atoms with Crippen LogP contribution in [0.15, 0.2) is 34.9 Å². The van der Waals surface area contributed by atoms with E-state index in [2.05, 4.69) is 26.1 Å². The molecule has 1 heterocycles. The van der Waals surface area contributed by atoms with Crippen LogP contribution in [0.2, 0.25) is 0 Å². The highest BCUT2D eigenvalue weighted by Crippen LogP contribution is 2.31. The third-order valence-electron chi connectivity index (χ3n) is 3.67. The van der Waals surface area contributed by atoms with Gasteiger partial charge in [-0.1, -0.05) is 15.9 Å². The Balaban J connectivity index is 1.82. The summed E-state index contributed by atoms with van der Waals surface area (Å²) in [5.41, 5.74) is 2.47. The highest BCUT2D eigenvalue weighted by Gasteiger charge is 2.31. The lowest BCUT2D eigenvalue weighted by atomic mass is 9.96. The second-order valence-electron chi connectivity index (χ2n) is 5.40. The molecular formula is C16H15BrN2O2. The minimum Gasteiger partial charge on any atom is -0.299 e. The number of benzene rings is 1. The van der Waals surface area contributed by atoms with Crippen molar-refractivity contribution >= 4 is 27.5 Å². The van der Waals surface area contributed by atoms with Crippen molar-refractivity contribution < 1.29 is 9.59 Å². The molecule has 5 heteroatoms. The number of hydrogen-bond donors (Lipinski definition) is 1. The van der Waals surface area contributed by atoms with Crippen molar-refractivity contribution in [3.8, 4) is 0 Å². The predicted molar refractivity (Wildman–Crippen MR) is 82.2 cm³/mol. The van der Waals surface area contributed by atoms with Gasteiger partial charge in [0.15, 0.2) is 5.78 Å². The Morgan fingerprint density at radius 1 is 1.29 bits per heavy atom. The number of halogens is 1. The summed E-state index contributed by atoms with van der Waals surface area (Å²) >= 11 is 3.43. The zero-order valence-corrected chi connectivity index (χ0v) is 13.0. The molecule has 2 aromatic rings. The molecule has 0 bridgehead atoms. The van der Waals surface area contributed by atoms with Crippen LogP contribution in [0.25, 0.3) is 0 Å². The van der Waals surface area contributed by atoms with Crippen LogP contribution in [0.1, 0.15) is 40.9 Å². The van der Waals surface area contributed by atoms with Gasteiger partial charge in [0.25, 0.3) is 0 Å². The van der Waals surface area contributed by atoms with Crippen LogP contribution in [0, 0.1) is 5.92 Å². The number of carbonyl (C=O) groups excluding carboxylic acids is 2. The van der Waals surface area contributed by atoms with Gasteiger partial charge < -0.3 is 0 Å². The highest BCUT2D eigenvalue weighted by molar-refractivity contribution is 9.10. The minimum atomic E-state index is -0.0890. The van der Waals surface area contributed by atoms with Crippen molar-refractivity contribution in [2.24, 2.45) is 5.92 Å². The molecule has 0 atom stereocenters. The van der Waals surface area contributed by atoms with E-state index in [-0.39, 0.29) is 23.9 Å². The van der Waals surface area contributed by atoms with E-state index >= 15 is 0 Å². The van der Waals surface area contributed by atoms with Crippen molar-refractivity contribution in [3.05, 3.63) is 51.8 Å². The summed E-state index contributed by atoms with van der Waals surface area (Å²) in [6.07, 6.45) is 4.17. The predicted octanol–water partition coefficient (Wildman–Crippen LogP) is 3.31. The van der Waals surface area contributed by atoms with Crippen LogP contribution in [0.3, 0.4) is 0 Å². The first-order chi connectivity index (χ1) is 10.1. The molecule has 1 aromatic heterocycles. The maximum atomic E-state index is 12.4. The summed E-state index contributed by atoms with van der Waals surface area (Å²) < 4.78 is 0.919. The smallest absolute Gasteiger partial charge is 0.170 e. The van der Waals surface area contributed by atoms with Gasteiger partial charge >= 0.3 is 0 Å². The fourth-order valence-corrected chi connectivity index (χ4v) is 2.78. The number of aromatic amines is 1. The number of hydrogen-bond acceptors (Lipinski definition) is 3. The van der Waals surface area contributed by atoms with Gasteiger partial charge in [0, 0.05) is 34.3 Å². The largest absolute Gasteiger partial charge is 0.299 e. The molecule has 1 saturated carbocycles. The Kier molecular flexibility index (Phi) is 4.01. The number of Topliss-reactive ketones (excluding diaryl/α,β-unsaturated/α-hetero) is 2. The summed E-state index contributed by atoms with van der Waals surface area (Å²) in [4.78, 5) is 24.2. The molecule has 0 aliphatic heterocycles. The van der Waals surface area contributed by atoms with Gasteiger partial charge in [0.1, 0.15) is 5.78 Å². The number of carbonyl (C=O) groups is 2. The quantitative estimate of drug-likeness (QED) is 0.644. The van der Waals surface area contributed by atoms with Gasteiger partial charge in [-0.05, 0) is 42.7 Å². The van der Waals surface area contributed by atoms with Crippen molar-refractivity contribution in [1.29, 1.82) is 0 Å². The zero-order chi connectivity index (χ0) is 14.8. The minimum absolute atomic E-state index is 0.0161. The lowest BCUT2D eigenvalue weighted by Gasteiger charge is -2.08. The Morgan fingerprint density at radius 2 is 2.10 bits per heavy atom. The summed E-state index contributed by atoms with van der Waals surface area (Å²) in [6, 6.07) is 7.43. The number of ketones is 2. The molecule has 3 rings (SSSR count). The van der Waals surface area contributed by atoms with Crippen molar-refractivity contribution in [2.75, 3.05) is 0 Å². The zero-order valence-electron chi connectivity index (χ0n) is 11.4. The van der Waals surface area contributed by atoms with Crippen LogP contribution in [-0.2, 0) is 11.2 Å². The normalized spacial score (nSPS) is 14.1. The third-order valence-corrected chi connectivity index (χ3v) is 4.17.